The highest BCUT2D eigenvalue weighted by Gasteiger charge is 2.31. The molecule has 0 radical (unpaired) electrons. The average molecular weight is 1550 g/mol. The summed E-state index contributed by atoms with van der Waals surface area (Å²) < 4.78 is 68.9. The van der Waals surface area contributed by atoms with Gasteiger partial charge >= 0.3 is 39.5 Å². The summed E-state index contributed by atoms with van der Waals surface area (Å²) in [6, 6.07) is 0. The van der Waals surface area contributed by atoms with Crippen molar-refractivity contribution in [2.45, 2.75) is 472 Å². The summed E-state index contributed by atoms with van der Waals surface area (Å²) >= 11 is 0. The second-order valence-electron chi connectivity index (χ2n) is 32.2. The van der Waals surface area contributed by atoms with E-state index in [1.165, 1.54) is 250 Å². The molecule has 106 heavy (non-hydrogen) atoms. The van der Waals surface area contributed by atoms with Crippen LogP contribution in [0, 0.1) is 23.7 Å². The predicted molar refractivity (Wildman–Crippen MR) is 437 cm³/mol. The van der Waals surface area contributed by atoms with Crippen LogP contribution < -0.4 is 0 Å². The van der Waals surface area contributed by atoms with Crippen LogP contribution in [0.4, 0.5) is 0 Å². The molecule has 0 amide bonds. The monoisotopic (exact) mass is 1550 g/mol. The van der Waals surface area contributed by atoms with Gasteiger partial charge in [0.15, 0.2) is 12.2 Å². The van der Waals surface area contributed by atoms with Crippen molar-refractivity contribution in [1.82, 2.24) is 0 Å². The number of carbonyl (C=O) groups is 4. The van der Waals surface area contributed by atoms with Gasteiger partial charge in [0, 0.05) is 25.7 Å². The molecule has 0 bridgehead atoms. The Hall–Kier alpha value is -1.94. The predicted octanol–water partition coefficient (Wildman–Crippen LogP) is 26.3. The summed E-state index contributed by atoms with van der Waals surface area (Å²) in [7, 11) is -9.93. The summed E-state index contributed by atoms with van der Waals surface area (Å²) in [4.78, 5) is 73.2. The number of ether oxygens (including phenoxy) is 4. The Morgan fingerprint density at radius 2 is 0.425 bits per heavy atom. The van der Waals surface area contributed by atoms with E-state index in [1.807, 2.05) is 0 Å². The molecule has 0 aliphatic rings. The SMILES string of the molecule is CCC(C)CCCCCCCCCCCCCCCCCCCCC(=O)O[C@H](COC(=O)CCCCCCCCCCC(C)CC)COP(=O)(O)OC[C@@H](O)COP(=O)(O)OC[C@@H](COC(=O)CCCCCCCCC(C)CC)OC(=O)CCCCCCCCCCCCCCCCCCCCC(C)CC. The molecule has 0 aliphatic carbocycles. The third-order valence-corrected chi connectivity index (χ3v) is 23.7. The van der Waals surface area contributed by atoms with E-state index in [1.54, 1.807) is 0 Å². The van der Waals surface area contributed by atoms with Crippen molar-refractivity contribution in [2.75, 3.05) is 39.6 Å². The van der Waals surface area contributed by atoms with Gasteiger partial charge in [-0.2, -0.15) is 0 Å². The largest absolute Gasteiger partial charge is 0.472 e. The van der Waals surface area contributed by atoms with E-state index >= 15 is 0 Å². The van der Waals surface area contributed by atoms with E-state index in [2.05, 4.69) is 55.4 Å². The van der Waals surface area contributed by atoms with Crippen molar-refractivity contribution in [3.63, 3.8) is 0 Å². The molecular formula is C87H170O17P2. The van der Waals surface area contributed by atoms with E-state index in [-0.39, 0.29) is 25.7 Å². The van der Waals surface area contributed by atoms with Crippen molar-refractivity contribution in [3.05, 3.63) is 0 Å². The molecule has 0 saturated carbocycles. The summed E-state index contributed by atoms with van der Waals surface area (Å²) in [6.07, 6.45) is 65.3. The highest BCUT2D eigenvalue weighted by Crippen LogP contribution is 2.45. The second-order valence-corrected chi connectivity index (χ2v) is 35.2. The lowest BCUT2D eigenvalue weighted by atomic mass is 9.99. The molecule has 17 nitrogen and oxygen atoms in total. The first-order chi connectivity index (χ1) is 51.2. The fourth-order valence-corrected chi connectivity index (χ4v) is 14.9. The van der Waals surface area contributed by atoms with Gasteiger partial charge in [-0.15, -0.1) is 0 Å². The van der Waals surface area contributed by atoms with Crippen LogP contribution in [0.15, 0.2) is 0 Å². The summed E-state index contributed by atoms with van der Waals surface area (Å²) in [5, 5.41) is 10.7. The molecule has 6 unspecified atom stereocenters. The zero-order valence-corrected chi connectivity index (χ0v) is 71.9. The van der Waals surface area contributed by atoms with E-state index < -0.39 is 97.5 Å². The molecule has 3 N–H and O–H groups in total. The molecular weight excluding hydrogens is 1380 g/mol. The molecule has 0 aromatic heterocycles. The van der Waals surface area contributed by atoms with Crippen LogP contribution >= 0.6 is 15.6 Å². The van der Waals surface area contributed by atoms with Gasteiger partial charge < -0.3 is 33.8 Å². The number of phosphoric acid groups is 2. The minimum Gasteiger partial charge on any atom is -0.462 e. The number of aliphatic hydroxyl groups is 1. The van der Waals surface area contributed by atoms with Crippen LogP contribution in [0.1, 0.15) is 453 Å². The smallest absolute Gasteiger partial charge is 0.462 e. The third-order valence-electron chi connectivity index (χ3n) is 21.8. The van der Waals surface area contributed by atoms with Crippen molar-refractivity contribution < 1.29 is 80.2 Å². The normalized spacial score (nSPS) is 14.9. The first-order valence-electron chi connectivity index (χ1n) is 44.9. The van der Waals surface area contributed by atoms with E-state index in [0.717, 1.165) is 120 Å². The van der Waals surface area contributed by atoms with Crippen molar-refractivity contribution in [2.24, 2.45) is 23.7 Å². The minimum atomic E-state index is -4.97. The zero-order chi connectivity index (χ0) is 78.1. The van der Waals surface area contributed by atoms with Gasteiger partial charge in [0.05, 0.1) is 26.4 Å². The van der Waals surface area contributed by atoms with Crippen LogP contribution in [0.25, 0.3) is 0 Å². The number of unbranched alkanes of at least 4 members (excludes halogenated alkanes) is 46. The summed E-state index contributed by atoms with van der Waals surface area (Å²) in [6.45, 7) is 14.4. The maximum atomic E-state index is 13.1. The molecule has 0 fully saturated rings. The maximum Gasteiger partial charge on any atom is 0.472 e. The first-order valence-corrected chi connectivity index (χ1v) is 47.8. The Labute approximate surface area is 651 Å². The zero-order valence-electron chi connectivity index (χ0n) is 70.1. The van der Waals surface area contributed by atoms with Crippen molar-refractivity contribution in [3.8, 4) is 0 Å². The molecule has 0 aromatic carbocycles. The van der Waals surface area contributed by atoms with E-state index in [0.29, 0.717) is 25.7 Å². The van der Waals surface area contributed by atoms with Gasteiger partial charge in [-0.3, -0.25) is 37.3 Å². The fraction of sp³-hybridized carbons (Fsp3) is 0.954. The number of phosphoric ester groups is 2. The molecule has 630 valence electrons. The molecule has 0 saturated heterocycles. The van der Waals surface area contributed by atoms with Gasteiger partial charge in [0.1, 0.15) is 19.3 Å². The Morgan fingerprint density at radius 3 is 0.623 bits per heavy atom. The number of aliphatic hydroxyl groups excluding tert-OH is 1. The van der Waals surface area contributed by atoms with Crippen molar-refractivity contribution in [1.29, 1.82) is 0 Å². The van der Waals surface area contributed by atoms with Gasteiger partial charge in [-0.25, -0.2) is 9.13 Å². The lowest BCUT2D eigenvalue weighted by Crippen LogP contribution is -2.30. The maximum absolute atomic E-state index is 13.1. The van der Waals surface area contributed by atoms with Crippen LogP contribution in [0.3, 0.4) is 0 Å². The average Bonchev–Trinajstić information content (AvgIpc) is 0.905. The Kier molecular flexibility index (Phi) is 74.3. The lowest BCUT2D eigenvalue weighted by Gasteiger charge is -2.21. The number of esters is 4. The Morgan fingerprint density at radius 1 is 0.255 bits per heavy atom. The van der Waals surface area contributed by atoms with Crippen molar-refractivity contribution >= 4 is 39.5 Å². The Balaban J connectivity index is 5.17. The van der Waals surface area contributed by atoms with Gasteiger partial charge in [-0.1, -0.05) is 402 Å². The number of rotatable bonds is 84. The highest BCUT2D eigenvalue weighted by molar-refractivity contribution is 7.47. The number of hydrogen-bond acceptors (Lipinski definition) is 15. The quantitative estimate of drug-likeness (QED) is 0.0222. The van der Waals surface area contributed by atoms with Gasteiger partial charge in [0.2, 0.25) is 0 Å². The van der Waals surface area contributed by atoms with E-state index in [9.17, 15) is 43.2 Å². The molecule has 0 spiro atoms. The highest BCUT2D eigenvalue weighted by atomic mass is 31.2. The van der Waals surface area contributed by atoms with Gasteiger partial charge in [-0.05, 0) is 49.4 Å². The third kappa shape index (κ3) is 74.8. The summed E-state index contributed by atoms with van der Waals surface area (Å²) in [5.74, 6) is 1.14. The van der Waals surface area contributed by atoms with Gasteiger partial charge in [0.25, 0.3) is 0 Å². The minimum absolute atomic E-state index is 0.107. The standard InChI is InChI=1S/C87H170O17P2/c1-9-77(5)63-55-47-39-33-29-25-21-17-13-15-19-23-27-31-35-43-53-61-69-86(91)103-82(73-97-84(89)67-59-51-42-38-37-41-49-57-65-79(7)11-3)75-101-105(93,94)99-71-81(88)72-100-106(95,96)102-76-83(74-98-85(90)68-60-52-46-45-50-58-66-80(8)12-4)104-87(92)70-62-54-44-36-32-28-24-20-16-14-18-22-26-30-34-40-48-56-64-78(6)10-2/h77-83,88H,9-76H2,1-8H3,(H,93,94)(H,95,96)/t77?,78?,79?,80?,81-,82-,83-/m1/s1. The van der Waals surface area contributed by atoms with Crippen LogP contribution in [0.2, 0.25) is 0 Å². The van der Waals surface area contributed by atoms with Crippen LogP contribution in [-0.4, -0.2) is 96.7 Å². The summed E-state index contributed by atoms with van der Waals surface area (Å²) in [5.41, 5.74) is 0. The Bertz CT molecular complexity index is 2070. The van der Waals surface area contributed by atoms with Crippen LogP contribution in [-0.2, 0) is 65.4 Å². The molecule has 0 heterocycles. The molecule has 0 aliphatic heterocycles. The molecule has 0 rings (SSSR count). The molecule has 9 atom stereocenters. The fourth-order valence-electron chi connectivity index (χ4n) is 13.4. The number of hydrogen-bond donors (Lipinski definition) is 3. The number of carbonyl (C=O) groups excluding carboxylic acids is 4. The lowest BCUT2D eigenvalue weighted by molar-refractivity contribution is -0.161. The van der Waals surface area contributed by atoms with Crippen LogP contribution in [0.5, 0.6) is 0 Å². The first kappa shape index (κ1) is 104. The molecule has 19 heteroatoms. The topological polar surface area (TPSA) is 237 Å². The van der Waals surface area contributed by atoms with E-state index in [4.69, 9.17) is 37.0 Å². The molecule has 0 aromatic rings. The second kappa shape index (κ2) is 75.7.